The second kappa shape index (κ2) is 6.77. The summed E-state index contributed by atoms with van der Waals surface area (Å²) in [5.41, 5.74) is 0.470. The molecule has 2 rings (SSSR count). The van der Waals surface area contributed by atoms with Gasteiger partial charge < -0.3 is 14.6 Å². The summed E-state index contributed by atoms with van der Waals surface area (Å²) in [6.45, 7) is 14.0. The Morgan fingerprint density at radius 2 is 2.05 bits per heavy atom. The van der Waals surface area contributed by atoms with Gasteiger partial charge in [-0.2, -0.15) is 0 Å². The molecule has 20 heavy (non-hydrogen) atoms. The zero-order valence-electron chi connectivity index (χ0n) is 13.5. The molecule has 0 amide bonds. The van der Waals surface area contributed by atoms with Gasteiger partial charge in [-0.3, -0.25) is 0 Å². The van der Waals surface area contributed by atoms with Gasteiger partial charge in [-0.25, -0.2) is 0 Å². The van der Waals surface area contributed by atoms with E-state index in [1.807, 2.05) is 12.1 Å². The van der Waals surface area contributed by atoms with Gasteiger partial charge in [0.05, 0.1) is 12.3 Å². The lowest BCUT2D eigenvalue weighted by Crippen LogP contribution is -2.41. The third kappa shape index (κ3) is 4.35. The molecular formula is C17H30N2O. The van der Waals surface area contributed by atoms with Gasteiger partial charge in [-0.15, -0.1) is 0 Å². The number of hydrogen-bond acceptors (Lipinski definition) is 3. The molecule has 3 nitrogen and oxygen atoms in total. The van der Waals surface area contributed by atoms with E-state index in [9.17, 15) is 0 Å². The van der Waals surface area contributed by atoms with Crippen molar-refractivity contribution in [2.45, 2.75) is 46.6 Å². The van der Waals surface area contributed by atoms with Gasteiger partial charge in [0.15, 0.2) is 0 Å². The Hall–Kier alpha value is -0.800. The number of nitrogens with one attached hydrogen (secondary N) is 1. The van der Waals surface area contributed by atoms with Crippen LogP contribution in [0.1, 0.15) is 52.3 Å². The SMILES string of the molecule is CC(NCCN1CCC(C(C)(C)C)CC1)c1ccco1. The van der Waals surface area contributed by atoms with E-state index >= 15 is 0 Å². The van der Waals surface area contributed by atoms with Crippen LogP contribution in [-0.2, 0) is 0 Å². The van der Waals surface area contributed by atoms with Crippen LogP contribution >= 0.6 is 0 Å². The number of nitrogens with zero attached hydrogens (tertiary/aromatic N) is 1. The third-order valence-corrected chi connectivity index (χ3v) is 4.66. The number of hydrogen-bond donors (Lipinski definition) is 1. The van der Waals surface area contributed by atoms with Crippen molar-refractivity contribution >= 4 is 0 Å². The maximum absolute atomic E-state index is 5.41. The van der Waals surface area contributed by atoms with Gasteiger partial charge in [0.2, 0.25) is 0 Å². The van der Waals surface area contributed by atoms with Gasteiger partial charge in [-0.05, 0) is 56.3 Å². The van der Waals surface area contributed by atoms with Crippen molar-refractivity contribution in [3.8, 4) is 0 Å². The van der Waals surface area contributed by atoms with Gasteiger partial charge in [0.25, 0.3) is 0 Å². The van der Waals surface area contributed by atoms with E-state index in [4.69, 9.17) is 4.42 Å². The molecule has 3 heteroatoms. The summed E-state index contributed by atoms with van der Waals surface area (Å²) in [6.07, 6.45) is 4.43. The van der Waals surface area contributed by atoms with Crippen molar-refractivity contribution in [1.82, 2.24) is 10.2 Å². The first kappa shape index (κ1) is 15.6. The lowest BCUT2D eigenvalue weighted by Gasteiger charge is -2.38. The maximum Gasteiger partial charge on any atom is 0.120 e. The lowest BCUT2D eigenvalue weighted by molar-refractivity contribution is 0.112. The highest BCUT2D eigenvalue weighted by Crippen LogP contribution is 2.34. The molecule has 0 aliphatic carbocycles. The van der Waals surface area contributed by atoms with Gasteiger partial charge in [-0.1, -0.05) is 20.8 Å². The summed E-state index contributed by atoms with van der Waals surface area (Å²) in [4.78, 5) is 2.59. The molecule has 1 fully saturated rings. The predicted molar refractivity (Wildman–Crippen MR) is 83.7 cm³/mol. The Morgan fingerprint density at radius 1 is 1.35 bits per heavy atom. The summed E-state index contributed by atoms with van der Waals surface area (Å²) in [6, 6.07) is 4.29. The average molecular weight is 278 g/mol. The molecule has 1 saturated heterocycles. The lowest BCUT2D eigenvalue weighted by atomic mass is 9.75. The van der Waals surface area contributed by atoms with E-state index in [1.54, 1.807) is 6.26 Å². The molecule has 1 aromatic rings. The first-order valence-electron chi connectivity index (χ1n) is 7.96. The minimum absolute atomic E-state index is 0.303. The van der Waals surface area contributed by atoms with Crippen LogP contribution in [0.3, 0.4) is 0 Å². The van der Waals surface area contributed by atoms with Crippen molar-refractivity contribution in [3.63, 3.8) is 0 Å². The summed E-state index contributed by atoms with van der Waals surface area (Å²) < 4.78 is 5.41. The number of furan rings is 1. The Bertz CT molecular complexity index is 372. The van der Waals surface area contributed by atoms with Gasteiger partial charge >= 0.3 is 0 Å². The van der Waals surface area contributed by atoms with Crippen molar-refractivity contribution in [2.75, 3.05) is 26.2 Å². The minimum Gasteiger partial charge on any atom is -0.468 e. The van der Waals surface area contributed by atoms with E-state index in [-0.39, 0.29) is 0 Å². The molecule has 1 N–H and O–H groups in total. The Labute approximate surface area is 123 Å². The zero-order valence-corrected chi connectivity index (χ0v) is 13.5. The topological polar surface area (TPSA) is 28.4 Å². The second-order valence-electron chi connectivity index (χ2n) is 7.17. The molecule has 1 aliphatic heterocycles. The van der Waals surface area contributed by atoms with Crippen molar-refractivity contribution in [3.05, 3.63) is 24.2 Å². The van der Waals surface area contributed by atoms with E-state index < -0.39 is 0 Å². The predicted octanol–water partition coefficient (Wildman–Crippen LogP) is 3.69. The minimum atomic E-state index is 0.303. The van der Waals surface area contributed by atoms with Crippen LogP contribution in [0.5, 0.6) is 0 Å². The van der Waals surface area contributed by atoms with Crippen LogP contribution in [0, 0.1) is 11.3 Å². The third-order valence-electron chi connectivity index (χ3n) is 4.66. The molecule has 2 heterocycles. The number of likely N-dealkylation sites (tertiary alicyclic amines) is 1. The van der Waals surface area contributed by atoms with Gasteiger partial charge in [0.1, 0.15) is 5.76 Å². The maximum atomic E-state index is 5.41. The van der Waals surface area contributed by atoms with Crippen molar-refractivity contribution < 1.29 is 4.42 Å². The first-order valence-corrected chi connectivity index (χ1v) is 7.96. The number of piperidine rings is 1. The number of rotatable bonds is 5. The highest BCUT2D eigenvalue weighted by molar-refractivity contribution is 5.02. The molecule has 1 atom stereocenters. The Morgan fingerprint density at radius 3 is 2.60 bits per heavy atom. The fourth-order valence-electron chi connectivity index (χ4n) is 3.10. The highest BCUT2D eigenvalue weighted by Gasteiger charge is 2.28. The van der Waals surface area contributed by atoms with E-state index in [0.717, 1.165) is 24.8 Å². The molecule has 0 aromatic carbocycles. The fourth-order valence-corrected chi connectivity index (χ4v) is 3.10. The summed E-state index contributed by atoms with van der Waals surface area (Å²) >= 11 is 0. The molecule has 114 valence electrons. The largest absolute Gasteiger partial charge is 0.468 e. The zero-order chi connectivity index (χ0) is 14.6. The van der Waals surface area contributed by atoms with Crippen molar-refractivity contribution in [2.24, 2.45) is 11.3 Å². The smallest absolute Gasteiger partial charge is 0.120 e. The average Bonchev–Trinajstić information content (AvgIpc) is 2.92. The molecule has 0 radical (unpaired) electrons. The van der Waals surface area contributed by atoms with Crippen LogP contribution in [0.2, 0.25) is 0 Å². The monoisotopic (exact) mass is 278 g/mol. The van der Waals surface area contributed by atoms with E-state index in [2.05, 4.69) is 37.9 Å². The van der Waals surface area contributed by atoms with Crippen molar-refractivity contribution in [1.29, 1.82) is 0 Å². The molecule has 1 aliphatic rings. The molecule has 0 saturated carbocycles. The van der Waals surface area contributed by atoms with E-state index in [0.29, 0.717) is 11.5 Å². The molecule has 1 aromatic heterocycles. The highest BCUT2D eigenvalue weighted by atomic mass is 16.3. The van der Waals surface area contributed by atoms with Crippen LogP contribution in [0.15, 0.2) is 22.8 Å². The van der Waals surface area contributed by atoms with Gasteiger partial charge in [0, 0.05) is 13.1 Å². The normalized spacial score (nSPS) is 20.2. The summed E-state index contributed by atoms with van der Waals surface area (Å²) in [5, 5.41) is 3.54. The second-order valence-corrected chi connectivity index (χ2v) is 7.17. The van der Waals surface area contributed by atoms with Crippen LogP contribution in [0.25, 0.3) is 0 Å². The Kier molecular flexibility index (Phi) is 5.28. The first-order chi connectivity index (χ1) is 9.47. The summed E-state index contributed by atoms with van der Waals surface area (Å²) in [5.74, 6) is 1.91. The van der Waals surface area contributed by atoms with Crippen LogP contribution in [0.4, 0.5) is 0 Å². The fraction of sp³-hybridized carbons (Fsp3) is 0.765. The van der Waals surface area contributed by atoms with E-state index in [1.165, 1.54) is 25.9 Å². The quantitative estimate of drug-likeness (QED) is 0.890. The van der Waals surface area contributed by atoms with Crippen LogP contribution < -0.4 is 5.32 Å². The molecule has 1 unspecified atom stereocenters. The molecular weight excluding hydrogens is 248 g/mol. The Balaban J connectivity index is 1.64. The molecule has 0 spiro atoms. The molecule has 0 bridgehead atoms. The summed E-state index contributed by atoms with van der Waals surface area (Å²) in [7, 11) is 0. The van der Waals surface area contributed by atoms with Crippen LogP contribution in [-0.4, -0.2) is 31.1 Å². The standard InChI is InChI=1S/C17H30N2O/c1-14(16-6-5-13-20-16)18-9-12-19-10-7-15(8-11-19)17(2,3)4/h5-6,13-15,18H,7-12H2,1-4H3.